The van der Waals surface area contributed by atoms with Gasteiger partial charge in [0, 0.05) is 24.6 Å². The highest BCUT2D eigenvalue weighted by atomic mass is 32.2. The first-order chi connectivity index (χ1) is 22.0. The number of amides is 2. The molecule has 242 valence electrons. The maximum absolute atomic E-state index is 15.1. The zero-order chi connectivity index (χ0) is 33.3. The summed E-state index contributed by atoms with van der Waals surface area (Å²) < 4.78 is 49.6. The lowest BCUT2D eigenvalue weighted by molar-refractivity contribution is -0.140. The van der Waals surface area contributed by atoms with Gasteiger partial charge < -0.3 is 15.0 Å². The highest BCUT2D eigenvalue weighted by Gasteiger charge is 2.35. The van der Waals surface area contributed by atoms with Gasteiger partial charge in [-0.05, 0) is 68.3 Å². The normalized spacial score (nSPS) is 12.5. The summed E-state index contributed by atoms with van der Waals surface area (Å²) >= 11 is 0. The van der Waals surface area contributed by atoms with Crippen molar-refractivity contribution in [3.8, 4) is 5.75 Å². The topological polar surface area (TPSA) is 96.0 Å². The lowest BCUT2D eigenvalue weighted by atomic mass is 10.0. The number of benzene rings is 4. The number of methoxy groups -OCH3 is 1. The van der Waals surface area contributed by atoms with E-state index in [1.165, 1.54) is 30.2 Å². The van der Waals surface area contributed by atoms with E-state index in [9.17, 15) is 18.0 Å². The Bertz CT molecular complexity index is 1720. The second-order valence-electron chi connectivity index (χ2n) is 11.2. The fourth-order valence-electron chi connectivity index (χ4n) is 4.92. The highest BCUT2D eigenvalue weighted by molar-refractivity contribution is 7.92. The van der Waals surface area contributed by atoms with Crippen molar-refractivity contribution in [3.63, 3.8) is 0 Å². The fraction of sp³-hybridized carbons (Fsp3) is 0.278. The molecule has 10 heteroatoms. The Morgan fingerprint density at radius 3 is 2.13 bits per heavy atom. The van der Waals surface area contributed by atoms with Gasteiger partial charge in [-0.15, -0.1) is 0 Å². The molecule has 4 aromatic carbocycles. The van der Waals surface area contributed by atoms with Crippen molar-refractivity contribution >= 4 is 27.5 Å². The summed E-state index contributed by atoms with van der Waals surface area (Å²) in [4.78, 5) is 29.6. The SMILES string of the molecule is CC[C@@H](C)NC(=O)[C@@H](Cc1ccccc1)N(Cc1ccccc1F)C(=O)CN(c1ccc(OC)cc1)S(=O)(=O)c1ccc(C)cc1. The molecule has 46 heavy (non-hydrogen) atoms. The number of ether oxygens (including phenoxy) is 1. The predicted molar refractivity (Wildman–Crippen MR) is 177 cm³/mol. The molecule has 0 saturated carbocycles. The molecule has 2 amide bonds. The largest absolute Gasteiger partial charge is 0.497 e. The van der Waals surface area contributed by atoms with Gasteiger partial charge in [0.05, 0.1) is 17.7 Å². The van der Waals surface area contributed by atoms with Crippen LogP contribution in [0.4, 0.5) is 10.1 Å². The molecule has 0 heterocycles. The lowest BCUT2D eigenvalue weighted by Gasteiger charge is -2.34. The number of carbonyl (C=O) groups is 2. The van der Waals surface area contributed by atoms with E-state index in [1.807, 2.05) is 51.1 Å². The van der Waals surface area contributed by atoms with Gasteiger partial charge >= 0.3 is 0 Å². The molecule has 4 rings (SSSR count). The predicted octanol–water partition coefficient (Wildman–Crippen LogP) is 5.89. The molecule has 0 bridgehead atoms. The van der Waals surface area contributed by atoms with Gasteiger partial charge in [0.25, 0.3) is 10.0 Å². The number of sulfonamides is 1. The summed E-state index contributed by atoms with van der Waals surface area (Å²) in [6, 6.07) is 26.6. The number of halogens is 1. The highest BCUT2D eigenvalue weighted by Crippen LogP contribution is 2.27. The third-order valence-electron chi connectivity index (χ3n) is 7.82. The first-order valence-corrected chi connectivity index (χ1v) is 16.6. The molecular weight excluding hydrogens is 605 g/mol. The van der Waals surface area contributed by atoms with Crippen LogP contribution >= 0.6 is 0 Å². The van der Waals surface area contributed by atoms with Crippen LogP contribution in [0, 0.1) is 12.7 Å². The van der Waals surface area contributed by atoms with Gasteiger partial charge in [0.1, 0.15) is 24.2 Å². The minimum absolute atomic E-state index is 0.00211. The smallest absolute Gasteiger partial charge is 0.264 e. The summed E-state index contributed by atoms with van der Waals surface area (Å²) in [6.45, 7) is 4.75. The minimum atomic E-state index is -4.26. The van der Waals surface area contributed by atoms with E-state index in [4.69, 9.17) is 4.74 Å². The van der Waals surface area contributed by atoms with Crippen LogP contribution in [0.15, 0.2) is 108 Å². The molecule has 0 aliphatic carbocycles. The summed E-state index contributed by atoms with van der Waals surface area (Å²) in [7, 11) is -2.76. The summed E-state index contributed by atoms with van der Waals surface area (Å²) in [5.74, 6) is -1.12. The van der Waals surface area contributed by atoms with E-state index in [1.54, 1.807) is 54.6 Å². The number of rotatable bonds is 14. The zero-order valence-corrected chi connectivity index (χ0v) is 27.3. The Morgan fingerprint density at radius 2 is 1.52 bits per heavy atom. The number of anilines is 1. The van der Waals surface area contributed by atoms with Crippen molar-refractivity contribution in [1.82, 2.24) is 10.2 Å². The molecule has 0 aromatic heterocycles. The third kappa shape index (κ3) is 8.51. The minimum Gasteiger partial charge on any atom is -0.497 e. The van der Waals surface area contributed by atoms with Crippen LogP contribution in [0.1, 0.15) is 37.0 Å². The maximum atomic E-state index is 15.1. The van der Waals surface area contributed by atoms with Gasteiger partial charge in [-0.3, -0.25) is 13.9 Å². The van der Waals surface area contributed by atoms with Crippen LogP contribution in [-0.4, -0.2) is 50.9 Å². The van der Waals surface area contributed by atoms with Crippen LogP contribution in [-0.2, 0) is 32.6 Å². The molecule has 0 fully saturated rings. The molecular formula is C36H40FN3O5S. The quantitative estimate of drug-likeness (QED) is 0.185. The van der Waals surface area contributed by atoms with Gasteiger partial charge in [0.15, 0.2) is 0 Å². The van der Waals surface area contributed by atoms with E-state index in [0.29, 0.717) is 12.2 Å². The first-order valence-electron chi connectivity index (χ1n) is 15.1. The molecule has 0 radical (unpaired) electrons. The Morgan fingerprint density at radius 1 is 0.891 bits per heavy atom. The van der Waals surface area contributed by atoms with E-state index in [-0.39, 0.29) is 35.2 Å². The number of hydrogen-bond acceptors (Lipinski definition) is 5. The summed E-state index contributed by atoms with van der Waals surface area (Å²) in [5.41, 5.74) is 2.09. The number of carbonyl (C=O) groups excluding carboxylic acids is 2. The molecule has 4 aromatic rings. The van der Waals surface area contributed by atoms with Crippen LogP contribution in [0.25, 0.3) is 0 Å². The Kier molecular flexibility index (Phi) is 11.5. The van der Waals surface area contributed by atoms with Crippen LogP contribution in [0.5, 0.6) is 5.75 Å². The van der Waals surface area contributed by atoms with Gasteiger partial charge in [-0.2, -0.15) is 0 Å². The molecule has 0 aliphatic heterocycles. The number of aryl methyl sites for hydroxylation is 1. The van der Waals surface area contributed by atoms with Gasteiger partial charge in [0.2, 0.25) is 11.8 Å². The molecule has 0 aliphatic rings. The molecule has 0 saturated heterocycles. The van der Waals surface area contributed by atoms with E-state index in [0.717, 1.165) is 15.4 Å². The average molecular weight is 646 g/mol. The number of nitrogens with zero attached hydrogens (tertiary/aromatic N) is 2. The summed E-state index contributed by atoms with van der Waals surface area (Å²) in [6.07, 6.45) is 0.793. The molecule has 8 nitrogen and oxygen atoms in total. The zero-order valence-electron chi connectivity index (χ0n) is 26.5. The van der Waals surface area contributed by atoms with Crippen molar-refractivity contribution in [3.05, 3.63) is 126 Å². The van der Waals surface area contributed by atoms with Crippen molar-refractivity contribution < 1.29 is 27.1 Å². The van der Waals surface area contributed by atoms with Crippen LogP contribution in [0.3, 0.4) is 0 Å². The monoisotopic (exact) mass is 645 g/mol. The van der Waals surface area contributed by atoms with Crippen molar-refractivity contribution in [2.45, 2.75) is 57.1 Å². The van der Waals surface area contributed by atoms with Crippen LogP contribution in [0.2, 0.25) is 0 Å². The number of nitrogens with one attached hydrogen (secondary N) is 1. The Labute approximate surface area is 270 Å². The standard InChI is InChI=1S/C36H40FN3O5S/c1-5-27(3)38-36(42)34(23-28-11-7-6-8-12-28)39(24-29-13-9-10-14-33(29)37)35(41)25-40(30-17-19-31(45-4)20-18-30)46(43,44)32-21-15-26(2)16-22-32/h6-22,27,34H,5,23-25H2,1-4H3,(H,38,42)/t27-,34-/m1/s1. The molecule has 0 unspecified atom stereocenters. The molecule has 2 atom stereocenters. The Hall–Kier alpha value is -4.70. The molecule has 0 spiro atoms. The van der Waals surface area contributed by atoms with Crippen molar-refractivity contribution in [2.75, 3.05) is 18.0 Å². The van der Waals surface area contributed by atoms with Gasteiger partial charge in [-0.1, -0.05) is 73.2 Å². The van der Waals surface area contributed by atoms with E-state index >= 15 is 4.39 Å². The summed E-state index contributed by atoms with van der Waals surface area (Å²) in [5, 5.41) is 2.97. The average Bonchev–Trinajstić information content (AvgIpc) is 3.06. The first kappa shape index (κ1) is 34.2. The van der Waals surface area contributed by atoms with E-state index in [2.05, 4.69) is 5.32 Å². The third-order valence-corrected chi connectivity index (χ3v) is 9.61. The van der Waals surface area contributed by atoms with Crippen molar-refractivity contribution in [2.24, 2.45) is 0 Å². The second-order valence-corrected chi connectivity index (χ2v) is 13.0. The Balaban J connectivity index is 1.82. The van der Waals surface area contributed by atoms with Gasteiger partial charge in [-0.25, -0.2) is 12.8 Å². The lowest BCUT2D eigenvalue weighted by Crippen LogP contribution is -2.54. The van der Waals surface area contributed by atoms with Crippen LogP contribution < -0.4 is 14.4 Å². The van der Waals surface area contributed by atoms with Crippen molar-refractivity contribution in [1.29, 1.82) is 0 Å². The second kappa shape index (κ2) is 15.5. The molecule has 1 N–H and O–H groups in total. The fourth-order valence-corrected chi connectivity index (χ4v) is 6.33. The van der Waals surface area contributed by atoms with E-state index < -0.39 is 40.2 Å². The number of hydrogen-bond donors (Lipinski definition) is 1. The maximum Gasteiger partial charge on any atom is 0.264 e.